The lowest BCUT2D eigenvalue weighted by atomic mass is 10.2. The van der Waals surface area contributed by atoms with E-state index < -0.39 is 11.7 Å². The number of thioether (sulfide) groups is 1. The molecule has 11 heteroatoms. The molecule has 0 unspecified atom stereocenters. The monoisotopic (exact) mass is 555 g/mol. The molecule has 0 spiro atoms. The van der Waals surface area contributed by atoms with E-state index in [2.05, 4.69) is 15.5 Å². The number of halogens is 3. The molecule has 1 N–H and O–H groups in total. The molecule has 1 aliphatic rings. The zero-order valence-electron chi connectivity index (χ0n) is 19.3. The highest BCUT2D eigenvalue weighted by atomic mass is 35.5. The lowest BCUT2D eigenvalue weighted by Crippen LogP contribution is -2.30. The van der Waals surface area contributed by atoms with E-state index in [-0.39, 0.29) is 23.8 Å². The largest absolute Gasteiger partial charge is 0.345 e. The van der Waals surface area contributed by atoms with Crippen molar-refractivity contribution in [3.63, 3.8) is 0 Å². The summed E-state index contributed by atoms with van der Waals surface area (Å²) in [5.74, 6) is -0.740. The molecule has 0 atom stereocenters. The lowest BCUT2D eigenvalue weighted by molar-refractivity contribution is -0.116. The summed E-state index contributed by atoms with van der Waals surface area (Å²) in [7, 11) is 0. The predicted molar refractivity (Wildman–Crippen MR) is 142 cm³/mol. The summed E-state index contributed by atoms with van der Waals surface area (Å²) in [5, 5.41) is 12.3. The minimum absolute atomic E-state index is 0.0333. The molecular weight excluding hydrogens is 536 g/mol. The highest BCUT2D eigenvalue weighted by Gasteiger charge is 2.25. The van der Waals surface area contributed by atoms with Crippen molar-refractivity contribution < 1.29 is 14.0 Å². The first-order valence-electron chi connectivity index (χ1n) is 11.4. The number of para-hydroxylation sites is 1. The fourth-order valence-electron chi connectivity index (χ4n) is 4.09. The molecule has 7 nitrogen and oxygen atoms in total. The molecule has 0 fully saturated rings. The van der Waals surface area contributed by atoms with Gasteiger partial charge in [-0.25, -0.2) is 4.39 Å². The van der Waals surface area contributed by atoms with Crippen LogP contribution in [0.4, 0.5) is 10.1 Å². The number of carbonyl (C=O) groups excluding carboxylic acids is 2. The minimum atomic E-state index is -0.621. The first kappa shape index (κ1) is 25.3. The number of aromatic nitrogens is 3. The van der Waals surface area contributed by atoms with Crippen LogP contribution in [-0.2, 0) is 17.8 Å². The third-order valence-electron chi connectivity index (χ3n) is 5.90. The number of amides is 2. The second-order valence-electron chi connectivity index (χ2n) is 8.21. The summed E-state index contributed by atoms with van der Waals surface area (Å²) in [6.45, 7) is 0.597. The molecule has 1 aromatic heterocycles. The molecule has 5 rings (SSSR count). The summed E-state index contributed by atoms with van der Waals surface area (Å²) >= 11 is 13.6. The van der Waals surface area contributed by atoms with Gasteiger partial charge in [-0.3, -0.25) is 14.2 Å². The highest BCUT2D eigenvalue weighted by Crippen LogP contribution is 2.31. The second kappa shape index (κ2) is 10.9. The number of hydrogen-bond acceptors (Lipinski definition) is 5. The van der Waals surface area contributed by atoms with Gasteiger partial charge in [0.2, 0.25) is 5.91 Å². The van der Waals surface area contributed by atoms with Gasteiger partial charge in [-0.05, 0) is 48.4 Å². The van der Waals surface area contributed by atoms with Crippen LogP contribution in [0.3, 0.4) is 0 Å². The number of anilines is 1. The zero-order valence-corrected chi connectivity index (χ0v) is 21.7. The van der Waals surface area contributed by atoms with E-state index in [1.165, 1.54) is 30.0 Å². The molecular formula is C26H20Cl2FN5O2S. The average Bonchev–Trinajstić information content (AvgIpc) is 3.52. The fraction of sp³-hybridized carbons (Fsp3) is 0.154. The maximum Gasteiger partial charge on any atom is 0.254 e. The Bertz CT molecular complexity index is 1500. The van der Waals surface area contributed by atoms with E-state index in [1.807, 2.05) is 24.3 Å². The van der Waals surface area contributed by atoms with Crippen LogP contribution in [0.1, 0.15) is 21.7 Å². The van der Waals surface area contributed by atoms with Crippen molar-refractivity contribution >= 4 is 52.5 Å². The fourth-order valence-corrected chi connectivity index (χ4v) is 5.23. The highest BCUT2D eigenvalue weighted by molar-refractivity contribution is 7.99. The standard InChI is InChI=1S/C26H20Cl2FN5O2S/c27-19-10-9-17(13-20(19)28)34-23(14-30-25(36)18-6-2-3-7-21(18)29)31-32-26(34)37-15-24(35)33-12-11-16-5-1-4-8-22(16)33/h1-10,13H,11-12,14-15H2,(H,30,36). The van der Waals surface area contributed by atoms with Gasteiger partial charge in [-0.1, -0.05) is 65.3 Å². The van der Waals surface area contributed by atoms with Gasteiger partial charge in [-0.2, -0.15) is 0 Å². The van der Waals surface area contributed by atoms with Crippen molar-refractivity contribution in [3.8, 4) is 5.69 Å². The molecule has 188 valence electrons. The smallest absolute Gasteiger partial charge is 0.254 e. The van der Waals surface area contributed by atoms with Crippen LogP contribution in [0, 0.1) is 5.82 Å². The Balaban J connectivity index is 1.37. The Kier molecular flexibility index (Phi) is 7.45. The van der Waals surface area contributed by atoms with Gasteiger partial charge in [0.05, 0.1) is 33.6 Å². The quantitative estimate of drug-likeness (QED) is 0.312. The molecule has 0 aliphatic carbocycles. The maximum absolute atomic E-state index is 14.0. The SMILES string of the molecule is O=C(NCc1nnc(SCC(=O)N2CCc3ccccc32)n1-c1ccc(Cl)c(Cl)c1)c1ccccc1F. The summed E-state index contributed by atoms with van der Waals surface area (Å²) in [6.07, 6.45) is 0.817. The Hall–Kier alpha value is -3.40. The first-order chi connectivity index (χ1) is 17.9. The Labute approximate surface area is 226 Å². The van der Waals surface area contributed by atoms with E-state index in [0.717, 1.165) is 17.7 Å². The van der Waals surface area contributed by atoms with Gasteiger partial charge in [0.1, 0.15) is 5.82 Å². The summed E-state index contributed by atoms with van der Waals surface area (Å²) in [6, 6.07) is 18.6. The number of rotatable bonds is 7. The predicted octanol–water partition coefficient (Wildman–Crippen LogP) is 5.32. The van der Waals surface area contributed by atoms with Gasteiger partial charge < -0.3 is 10.2 Å². The topological polar surface area (TPSA) is 80.1 Å². The number of fused-ring (bicyclic) bond motifs is 1. The van der Waals surface area contributed by atoms with Crippen LogP contribution in [0.25, 0.3) is 5.69 Å². The van der Waals surface area contributed by atoms with Crippen LogP contribution < -0.4 is 10.2 Å². The molecule has 3 aromatic carbocycles. The van der Waals surface area contributed by atoms with Gasteiger partial charge in [0.25, 0.3) is 5.91 Å². The normalized spacial score (nSPS) is 12.5. The van der Waals surface area contributed by atoms with Crippen molar-refractivity contribution in [1.82, 2.24) is 20.1 Å². The molecule has 2 amide bonds. The van der Waals surface area contributed by atoms with E-state index in [1.54, 1.807) is 33.7 Å². The van der Waals surface area contributed by atoms with E-state index in [4.69, 9.17) is 23.2 Å². The van der Waals surface area contributed by atoms with Crippen molar-refractivity contribution in [2.24, 2.45) is 0 Å². The molecule has 4 aromatic rings. The molecule has 1 aliphatic heterocycles. The van der Waals surface area contributed by atoms with Crippen LogP contribution in [-0.4, -0.2) is 38.9 Å². The van der Waals surface area contributed by atoms with Gasteiger partial charge in [0.15, 0.2) is 11.0 Å². The van der Waals surface area contributed by atoms with E-state index in [0.29, 0.717) is 33.3 Å². The number of benzene rings is 3. The number of hydrogen-bond donors (Lipinski definition) is 1. The van der Waals surface area contributed by atoms with Crippen LogP contribution in [0.15, 0.2) is 71.9 Å². The second-order valence-corrected chi connectivity index (χ2v) is 9.96. The Morgan fingerprint density at radius 1 is 1.00 bits per heavy atom. The third kappa shape index (κ3) is 5.34. The van der Waals surface area contributed by atoms with Crippen LogP contribution >= 0.6 is 35.0 Å². The molecule has 0 saturated heterocycles. The summed E-state index contributed by atoms with van der Waals surface area (Å²) < 4.78 is 15.7. The lowest BCUT2D eigenvalue weighted by Gasteiger charge is -2.17. The van der Waals surface area contributed by atoms with Crippen molar-refractivity contribution in [2.45, 2.75) is 18.1 Å². The minimum Gasteiger partial charge on any atom is -0.345 e. The summed E-state index contributed by atoms with van der Waals surface area (Å²) in [4.78, 5) is 27.4. The van der Waals surface area contributed by atoms with Crippen molar-refractivity contribution in [3.05, 3.63) is 99.5 Å². The molecule has 0 saturated carbocycles. The third-order valence-corrected chi connectivity index (χ3v) is 7.55. The summed E-state index contributed by atoms with van der Waals surface area (Å²) in [5.41, 5.74) is 2.61. The number of nitrogens with zero attached hydrogens (tertiary/aromatic N) is 4. The van der Waals surface area contributed by atoms with Crippen LogP contribution in [0.5, 0.6) is 0 Å². The van der Waals surface area contributed by atoms with Crippen LogP contribution in [0.2, 0.25) is 10.0 Å². The number of carbonyl (C=O) groups is 2. The van der Waals surface area contributed by atoms with Crippen molar-refractivity contribution in [2.75, 3.05) is 17.2 Å². The van der Waals surface area contributed by atoms with Crippen molar-refractivity contribution in [1.29, 1.82) is 0 Å². The molecule has 0 radical (unpaired) electrons. The first-order valence-corrected chi connectivity index (χ1v) is 13.1. The van der Waals surface area contributed by atoms with Gasteiger partial charge >= 0.3 is 0 Å². The number of nitrogens with one attached hydrogen (secondary N) is 1. The Morgan fingerprint density at radius 3 is 2.59 bits per heavy atom. The zero-order chi connectivity index (χ0) is 25.9. The molecule has 2 heterocycles. The Morgan fingerprint density at radius 2 is 1.78 bits per heavy atom. The molecule has 0 bridgehead atoms. The maximum atomic E-state index is 14.0. The van der Waals surface area contributed by atoms with Gasteiger partial charge in [0, 0.05) is 12.2 Å². The molecule has 37 heavy (non-hydrogen) atoms. The van der Waals surface area contributed by atoms with E-state index in [9.17, 15) is 14.0 Å². The average molecular weight is 556 g/mol. The van der Waals surface area contributed by atoms with E-state index >= 15 is 0 Å². The van der Waals surface area contributed by atoms with Gasteiger partial charge in [-0.15, -0.1) is 10.2 Å².